The van der Waals surface area contributed by atoms with E-state index >= 15 is 0 Å². The monoisotopic (exact) mass is 334 g/mol. The Kier molecular flexibility index (Phi) is 7.02. The van der Waals surface area contributed by atoms with Crippen LogP contribution in [0.1, 0.15) is 29.6 Å². The minimum absolute atomic E-state index is 0.137. The number of benzene rings is 1. The van der Waals surface area contributed by atoms with Crippen molar-refractivity contribution in [2.75, 3.05) is 50.1 Å². The van der Waals surface area contributed by atoms with Gasteiger partial charge in [-0.3, -0.25) is 9.59 Å². The summed E-state index contributed by atoms with van der Waals surface area (Å²) in [5, 5.41) is 5.84. The number of amides is 2. The second-order valence-corrected chi connectivity index (χ2v) is 5.86. The lowest BCUT2D eigenvalue weighted by atomic mass is 10.1. The fraction of sp³-hybridized carbons (Fsp3) is 0.529. The third kappa shape index (κ3) is 5.21. The lowest BCUT2D eigenvalue weighted by Gasteiger charge is -2.30. The summed E-state index contributed by atoms with van der Waals surface area (Å²) in [7, 11) is 1.62. The van der Waals surface area contributed by atoms with Crippen molar-refractivity contribution in [2.24, 2.45) is 5.73 Å². The molecule has 2 rings (SSSR count). The summed E-state index contributed by atoms with van der Waals surface area (Å²) in [6, 6.07) is 5.22. The second-order valence-electron chi connectivity index (χ2n) is 5.86. The van der Waals surface area contributed by atoms with E-state index in [9.17, 15) is 9.59 Å². The molecule has 2 amide bonds. The van der Waals surface area contributed by atoms with Crippen LogP contribution in [0.15, 0.2) is 18.2 Å². The maximum Gasteiger partial charge on any atom is 0.250 e. The largest absolute Gasteiger partial charge is 0.383 e. The fourth-order valence-corrected chi connectivity index (χ4v) is 2.80. The van der Waals surface area contributed by atoms with E-state index in [4.69, 9.17) is 10.5 Å². The highest BCUT2D eigenvalue weighted by atomic mass is 16.5. The molecule has 24 heavy (non-hydrogen) atoms. The molecule has 1 fully saturated rings. The molecule has 0 radical (unpaired) electrons. The summed E-state index contributed by atoms with van der Waals surface area (Å²) in [6.07, 6.45) is 3.39. The Hall–Kier alpha value is -2.12. The van der Waals surface area contributed by atoms with Gasteiger partial charge in [-0.05, 0) is 37.5 Å². The summed E-state index contributed by atoms with van der Waals surface area (Å²) in [5.74, 6) is -0.586. The normalized spacial score (nSPS) is 14.5. The molecule has 7 nitrogen and oxygen atoms in total. The van der Waals surface area contributed by atoms with Gasteiger partial charge in [0, 0.05) is 32.4 Å². The number of ether oxygens (including phenoxy) is 1. The van der Waals surface area contributed by atoms with Gasteiger partial charge in [-0.1, -0.05) is 0 Å². The molecule has 0 bridgehead atoms. The average Bonchev–Trinajstić information content (AvgIpc) is 2.59. The van der Waals surface area contributed by atoms with Crippen molar-refractivity contribution in [3.8, 4) is 0 Å². The summed E-state index contributed by atoms with van der Waals surface area (Å²) in [5.41, 5.74) is 7.45. The van der Waals surface area contributed by atoms with Crippen LogP contribution in [0, 0.1) is 0 Å². The van der Waals surface area contributed by atoms with Crippen LogP contribution >= 0.6 is 0 Å². The number of piperidine rings is 1. The quantitative estimate of drug-likeness (QED) is 0.615. The maximum absolute atomic E-state index is 12.0. The molecule has 1 aliphatic heterocycles. The third-order valence-corrected chi connectivity index (χ3v) is 4.01. The van der Waals surface area contributed by atoms with Crippen LogP contribution in [0.4, 0.5) is 11.4 Å². The van der Waals surface area contributed by atoms with Crippen LogP contribution in [-0.2, 0) is 9.53 Å². The van der Waals surface area contributed by atoms with Gasteiger partial charge < -0.3 is 26.0 Å². The molecule has 0 atom stereocenters. The Balaban J connectivity index is 2.05. The zero-order chi connectivity index (χ0) is 17.4. The Morgan fingerprint density at radius 1 is 1.25 bits per heavy atom. The molecule has 0 aromatic heterocycles. The van der Waals surface area contributed by atoms with Crippen molar-refractivity contribution in [2.45, 2.75) is 19.3 Å². The predicted molar refractivity (Wildman–Crippen MR) is 94.4 cm³/mol. The first-order valence-corrected chi connectivity index (χ1v) is 8.30. The number of nitrogens with zero attached hydrogens (tertiary/aromatic N) is 1. The van der Waals surface area contributed by atoms with Crippen LogP contribution in [0.5, 0.6) is 0 Å². The number of hydrogen-bond acceptors (Lipinski definition) is 5. The SMILES string of the molecule is COCCNCC(=O)Nc1ccc(C(N)=O)c(N2CCCCC2)c1. The number of nitrogens with one attached hydrogen (secondary N) is 2. The number of primary amides is 1. The van der Waals surface area contributed by atoms with Gasteiger partial charge in [0.1, 0.15) is 0 Å². The molecule has 1 saturated heterocycles. The van der Waals surface area contributed by atoms with E-state index in [1.807, 2.05) is 6.07 Å². The Morgan fingerprint density at radius 3 is 2.67 bits per heavy atom. The van der Waals surface area contributed by atoms with E-state index in [0.29, 0.717) is 24.4 Å². The molecular weight excluding hydrogens is 308 g/mol. The zero-order valence-electron chi connectivity index (χ0n) is 14.1. The number of hydrogen-bond donors (Lipinski definition) is 3. The van der Waals surface area contributed by atoms with Crippen LogP contribution in [0.3, 0.4) is 0 Å². The molecule has 7 heteroatoms. The van der Waals surface area contributed by atoms with Gasteiger partial charge in [-0.25, -0.2) is 0 Å². The van der Waals surface area contributed by atoms with Gasteiger partial charge in [0.05, 0.1) is 24.4 Å². The first-order chi connectivity index (χ1) is 11.6. The average molecular weight is 334 g/mol. The molecule has 1 aliphatic rings. The highest BCUT2D eigenvalue weighted by Crippen LogP contribution is 2.27. The Labute approximate surface area is 142 Å². The molecule has 1 aromatic rings. The molecular formula is C17H26N4O3. The summed E-state index contributed by atoms with van der Waals surface area (Å²) in [4.78, 5) is 25.8. The van der Waals surface area contributed by atoms with Crippen LogP contribution in [-0.4, -0.2) is 51.7 Å². The number of rotatable bonds is 8. The number of carbonyl (C=O) groups is 2. The maximum atomic E-state index is 12.0. The lowest BCUT2D eigenvalue weighted by Crippen LogP contribution is -2.32. The van der Waals surface area contributed by atoms with E-state index in [0.717, 1.165) is 31.6 Å². The molecule has 0 unspecified atom stereocenters. The van der Waals surface area contributed by atoms with Gasteiger partial charge in [0.15, 0.2) is 0 Å². The molecule has 0 spiro atoms. The smallest absolute Gasteiger partial charge is 0.250 e. The first kappa shape index (κ1) is 18.2. The topological polar surface area (TPSA) is 96.7 Å². The molecule has 4 N–H and O–H groups in total. The summed E-state index contributed by atoms with van der Waals surface area (Å²) >= 11 is 0. The standard InChI is InChI=1S/C17H26N4O3/c1-24-10-7-19-12-16(22)20-13-5-6-14(17(18)23)15(11-13)21-8-3-2-4-9-21/h5-6,11,19H,2-4,7-10,12H2,1H3,(H2,18,23)(H,20,22). The van der Waals surface area contributed by atoms with Crippen molar-refractivity contribution in [1.29, 1.82) is 0 Å². The van der Waals surface area contributed by atoms with E-state index in [1.54, 1.807) is 19.2 Å². The van der Waals surface area contributed by atoms with Gasteiger partial charge in [-0.15, -0.1) is 0 Å². The van der Waals surface area contributed by atoms with Crippen molar-refractivity contribution < 1.29 is 14.3 Å². The van der Waals surface area contributed by atoms with Gasteiger partial charge in [-0.2, -0.15) is 0 Å². The van der Waals surface area contributed by atoms with Crippen molar-refractivity contribution in [3.63, 3.8) is 0 Å². The first-order valence-electron chi connectivity index (χ1n) is 8.30. The lowest BCUT2D eigenvalue weighted by molar-refractivity contribution is -0.115. The second kappa shape index (κ2) is 9.24. The van der Waals surface area contributed by atoms with Gasteiger partial charge in [0.25, 0.3) is 5.91 Å². The van der Waals surface area contributed by atoms with Crippen LogP contribution in [0.2, 0.25) is 0 Å². The van der Waals surface area contributed by atoms with Crippen LogP contribution < -0.4 is 21.3 Å². The van der Waals surface area contributed by atoms with Crippen LogP contribution in [0.25, 0.3) is 0 Å². The van der Waals surface area contributed by atoms with E-state index in [2.05, 4.69) is 15.5 Å². The van der Waals surface area contributed by atoms with Crippen molar-refractivity contribution >= 4 is 23.2 Å². The molecule has 0 saturated carbocycles. The third-order valence-electron chi connectivity index (χ3n) is 4.01. The summed E-state index contributed by atoms with van der Waals surface area (Å²) in [6.45, 7) is 3.18. The van der Waals surface area contributed by atoms with Gasteiger partial charge >= 0.3 is 0 Å². The molecule has 1 aromatic carbocycles. The minimum atomic E-state index is -0.449. The van der Waals surface area contributed by atoms with Crippen molar-refractivity contribution in [1.82, 2.24) is 5.32 Å². The number of carbonyl (C=O) groups excluding carboxylic acids is 2. The molecule has 1 heterocycles. The van der Waals surface area contributed by atoms with Gasteiger partial charge in [0.2, 0.25) is 5.91 Å². The predicted octanol–water partition coefficient (Wildman–Crippen LogP) is 0.950. The minimum Gasteiger partial charge on any atom is -0.383 e. The summed E-state index contributed by atoms with van der Waals surface area (Å²) < 4.78 is 4.92. The van der Waals surface area contributed by atoms with E-state index in [1.165, 1.54) is 6.42 Å². The Bertz CT molecular complexity index is 571. The number of nitrogens with two attached hydrogens (primary N) is 1. The highest BCUT2D eigenvalue weighted by molar-refractivity contribution is 6.00. The molecule has 0 aliphatic carbocycles. The highest BCUT2D eigenvalue weighted by Gasteiger charge is 2.18. The number of methoxy groups -OCH3 is 1. The zero-order valence-corrected chi connectivity index (χ0v) is 14.1. The van der Waals surface area contributed by atoms with E-state index < -0.39 is 5.91 Å². The van der Waals surface area contributed by atoms with E-state index in [-0.39, 0.29) is 12.5 Å². The number of anilines is 2. The Morgan fingerprint density at radius 2 is 2.00 bits per heavy atom. The molecule has 132 valence electrons. The van der Waals surface area contributed by atoms with Crippen molar-refractivity contribution in [3.05, 3.63) is 23.8 Å². The fourth-order valence-electron chi connectivity index (χ4n) is 2.80.